The number of carbonyl (C=O) groups is 1. The molecule has 10 heavy (non-hydrogen) atoms. The molecule has 0 saturated heterocycles. The van der Waals surface area contributed by atoms with Crippen molar-refractivity contribution in [2.75, 3.05) is 14.1 Å². The van der Waals surface area contributed by atoms with E-state index in [2.05, 4.69) is 5.10 Å². The van der Waals surface area contributed by atoms with Gasteiger partial charge in [-0.2, -0.15) is 5.10 Å². The molecule has 0 aromatic carbocycles. The van der Waals surface area contributed by atoms with E-state index in [9.17, 15) is 4.79 Å². The molecular weight excluding hydrogens is 128 g/mol. The Bertz CT molecular complexity index is 150. The predicted octanol–water partition coefficient (Wildman–Crippen LogP) is 0.903. The first kappa shape index (κ1) is 9.14. The largest absolute Gasteiger partial charge is 0.303 e. The van der Waals surface area contributed by atoms with Crippen LogP contribution in [0.3, 0.4) is 0 Å². The van der Waals surface area contributed by atoms with Crippen LogP contribution in [0, 0.1) is 0 Å². The number of nitrogens with zero attached hydrogens (tertiary/aromatic N) is 2. The average Bonchev–Trinajstić information content (AvgIpc) is 1.58. The van der Waals surface area contributed by atoms with Gasteiger partial charge in [-0.15, -0.1) is 0 Å². The van der Waals surface area contributed by atoms with Crippen LogP contribution in [-0.2, 0) is 4.79 Å². The molecule has 0 fully saturated rings. The maximum atomic E-state index is 10.5. The lowest BCUT2D eigenvalue weighted by molar-refractivity contribution is -0.115. The van der Waals surface area contributed by atoms with E-state index >= 15 is 0 Å². The third kappa shape index (κ3) is 5.28. The summed E-state index contributed by atoms with van der Waals surface area (Å²) in [5, 5.41) is 5.74. The summed E-state index contributed by atoms with van der Waals surface area (Å²) in [7, 11) is 3.67. The minimum absolute atomic E-state index is 0.156. The lowest BCUT2D eigenvalue weighted by atomic mass is 10.2. The fourth-order valence-corrected chi connectivity index (χ4v) is 0.737. The van der Waals surface area contributed by atoms with E-state index in [1.165, 1.54) is 0 Å². The molecule has 0 aromatic rings. The van der Waals surface area contributed by atoms with Gasteiger partial charge in [0.25, 0.3) is 0 Å². The molecule has 0 aromatic heterocycles. The molecule has 0 saturated carbocycles. The van der Waals surface area contributed by atoms with Gasteiger partial charge < -0.3 is 5.01 Å². The second kappa shape index (κ2) is 4.04. The third-order valence-corrected chi connectivity index (χ3v) is 0.875. The number of carbonyl (C=O) groups excluding carboxylic acids is 1. The van der Waals surface area contributed by atoms with E-state index in [0.29, 0.717) is 6.42 Å². The van der Waals surface area contributed by atoms with Gasteiger partial charge in [0.1, 0.15) is 5.78 Å². The maximum Gasteiger partial charge on any atom is 0.135 e. The van der Waals surface area contributed by atoms with Gasteiger partial charge in [0.15, 0.2) is 0 Å². The van der Waals surface area contributed by atoms with Gasteiger partial charge in [-0.1, -0.05) is 0 Å². The molecule has 0 radical (unpaired) electrons. The number of hydrazone groups is 1. The highest BCUT2D eigenvalue weighted by Crippen LogP contribution is 1.88. The van der Waals surface area contributed by atoms with Crippen molar-refractivity contribution in [1.29, 1.82) is 0 Å². The zero-order valence-corrected chi connectivity index (χ0v) is 7.01. The number of rotatable bonds is 3. The van der Waals surface area contributed by atoms with Gasteiger partial charge in [-0.05, 0) is 13.8 Å². The molecule has 0 unspecified atom stereocenters. The van der Waals surface area contributed by atoms with E-state index in [0.717, 1.165) is 5.71 Å². The summed E-state index contributed by atoms with van der Waals surface area (Å²) in [4.78, 5) is 10.5. The summed E-state index contributed by atoms with van der Waals surface area (Å²) in [6, 6.07) is 0. The van der Waals surface area contributed by atoms with Crippen LogP contribution >= 0.6 is 0 Å². The fraction of sp³-hybridized carbons (Fsp3) is 0.714. The van der Waals surface area contributed by atoms with Crippen molar-refractivity contribution in [1.82, 2.24) is 5.01 Å². The smallest absolute Gasteiger partial charge is 0.135 e. The van der Waals surface area contributed by atoms with Crippen LogP contribution in [0.5, 0.6) is 0 Å². The molecule has 0 amide bonds. The molecule has 58 valence electrons. The minimum Gasteiger partial charge on any atom is -0.303 e. The van der Waals surface area contributed by atoms with E-state index in [4.69, 9.17) is 0 Å². The molecule has 0 rings (SSSR count). The highest BCUT2D eigenvalue weighted by atomic mass is 16.1. The number of hydrogen-bond acceptors (Lipinski definition) is 3. The Morgan fingerprint density at radius 1 is 1.40 bits per heavy atom. The summed E-state index contributed by atoms with van der Waals surface area (Å²) in [6.07, 6.45) is 0.457. The molecule has 3 nitrogen and oxygen atoms in total. The Labute approximate surface area is 61.7 Å². The Hall–Kier alpha value is -0.860. The lowest BCUT2D eigenvalue weighted by Crippen LogP contribution is -2.08. The standard InChI is InChI=1S/C7H14N2O/c1-6(5-7(2)10)8-9(3)4/h5H2,1-4H3/b8-6+. The van der Waals surface area contributed by atoms with Crippen LogP contribution < -0.4 is 0 Å². The van der Waals surface area contributed by atoms with Crippen LogP contribution in [0.4, 0.5) is 0 Å². The molecule has 0 heterocycles. The molecule has 0 bridgehead atoms. The predicted molar refractivity (Wildman–Crippen MR) is 42.1 cm³/mol. The van der Waals surface area contributed by atoms with Crippen molar-refractivity contribution >= 4 is 11.5 Å². The summed E-state index contributed by atoms with van der Waals surface area (Å²) < 4.78 is 0. The highest BCUT2D eigenvalue weighted by Gasteiger charge is 1.95. The van der Waals surface area contributed by atoms with Crippen LogP contribution in [0.2, 0.25) is 0 Å². The lowest BCUT2D eigenvalue weighted by Gasteiger charge is -2.05. The van der Waals surface area contributed by atoms with Crippen LogP contribution in [0.25, 0.3) is 0 Å². The van der Waals surface area contributed by atoms with Crippen molar-refractivity contribution in [2.24, 2.45) is 5.10 Å². The SMILES string of the molecule is CC(=O)C/C(C)=N/N(C)C. The monoisotopic (exact) mass is 142 g/mol. The van der Waals surface area contributed by atoms with Gasteiger partial charge in [0.2, 0.25) is 0 Å². The number of hydrogen-bond donors (Lipinski definition) is 0. The van der Waals surface area contributed by atoms with Crippen LogP contribution in [0.15, 0.2) is 5.10 Å². The molecular formula is C7H14N2O. The first-order valence-corrected chi connectivity index (χ1v) is 3.23. The van der Waals surface area contributed by atoms with Gasteiger partial charge in [0, 0.05) is 26.2 Å². The van der Waals surface area contributed by atoms with Crippen molar-refractivity contribution in [3.05, 3.63) is 0 Å². The first-order valence-electron chi connectivity index (χ1n) is 3.23. The zero-order chi connectivity index (χ0) is 8.15. The quantitative estimate of drug-likeness (QED) is 0.433. The van der Waals surface area contributed by atoms with Gasteiger partial charge in [0.05, 0.1) is 0 Å². The van der Waals surface area contributed by atoms with Crippen molar-refractivity contribution in [3.63, 3.8) is 0 Å². The highest BCUT2D eigenvalue weighted by molar-refractivity contribution is 5.99. The van der Waals surface area contributed by atoms with Crippen LogP contribution in [0.1, 0.15) is 20.3 Å². The maximum absolute atomic E-state index is 10.5. The normalized spacial score (nSPS) is 11.4. The van der Waals surface area contributed by atoms with E-state index in [1.807, 2.05) is 21.0 Å². The third-order valence-electron chi connectivity index (χ3n) is 0.875. The molecule has 0 aliphatic heterocycles. The van der Waals surface area contributed by atoms with Crippen molar-refractivity contribution in [3.8, 4) is 0 Å². The second-order valence-corrected chi connectivity index (χ2v) is 2.56. The summed E-state index contributed by atoms with van der Waals surface area (Å²) >= 11 is 0. The first-order chi connectivity index (χ1) is 4.52. The summed E-state index contributed by atoms with van der Waals surface area (Å²) in [5.41, 5.74) is 0.859. The molecule has 0 aliphatic rings. The Balaban J connectivity index is 3.82. The zero-order valence-electron chi connectivity index (χ0n) is 7.01. The second-order valence-electron chi connectivity index (χ2n) is 2.56. The fourth-order valence-electron chi connectivity index (χ4n) is 0.737. The van der Waals surface area contributed by atoms with E-state index < -0.39 is 0 Å². The van der Waals surface area contributed by atoms with Gasteiger partial charge >= 0.3 is 0 Å². The Morgan fingerprint density at radius 3 is 2.20 bits per heavy atom. The summed E-state index contributed by atoms with van der Waals surface area (Å²) in [6.45, 7) is 3.41. The van der Waals surface area contributed by atoms with E-state index in [-0.39, 0.29) is 5.78 Å². The van der Waals surface area contributed by atoms with Gasteiger partial charge in [-0.25, -0.2) is 0 Å². The minimum atomic E-state index is 0.156. The average molecular weight is 142 g/mol. The molecule has 0 atom stereocenters. The molecule has 3 heteroatoms. The number of Topliss-reactive ketones (excluding diaryl/α,β-unsaturated/α-hetero) is 1. The Kier molecular flexibility index (Phi) is 3.69. The molecule has 0 spiro atoms. The van der Waals surface area contributed by atoms with Crippen LogP contribution in [-0.4, -0.2) is 30.6 Å². The molecule has 0 N–H and O–H groups in total. The Morgan fingerprint density at radius 2 is 1.90 bits per heavy atom. The topological polar surface area (TPSA) is 32.7 Å². The summed E-state index contributed by atoms with van der Waals surface area (Å²) in [5.74, 6) is 0.156. The molecule has 0 aliphatic carbocycles. The van der Waals surface area contributed by atoms with Crippen molar-refractivity contribution < 1.29 is 4.79 Å². The van der Waals surface area contributed by atoms with Gasteiger partial charge in [-0.3, -0.25) is 4.79 Å². The van der Waals surface area contributed by atoms with E-state index in [1.54, 1.807) is 11.9 Å². The van der Waals surface area contributed by atoms with Crippen molar-refractivity contribution in [2.45, 2.75) is 20.3 Å². The number of ketones is 1.